The number of carbonyl (C=O) groups excluding carboxylic acids is 1. The van der Waals surface area contributed by atoms with Gasteiger partial charge in [0.05, 0.1) is 17.8 Å². The normalized spacial score (nSPS) is 26.2. The van der Waals surface area contributed by atoms with E-state index in [1.165, 1.54) is 42.0 Å². The molecule has 2 aliphatic heterocycles. The molecule has 188 valence electrons. The smallest absolute Gasteiger partial charge is 0.307 e. The Morgan fingerprint density at radius 3 is 2.77 bits per heavy atom. The van der Waals surface area contributed by atoms with Crippen LogP contribution in [0.2, 0.25) is 0 Å². The molecule has 1 saturated carbocycles. The molecule has 4 atom stereocenters. The van der Waals surface area contributed by atoms with Crippen LogP contribution in [0.5, 0.6) is 0 Å². The number of aryl methyl sites for hydroxylation is 1. The van der Waals surface area contributed by atoms with Crippen molar-refractivity contribution in [3.63, 3.8) is 0 Å². The fourth-order valence-corrected chi connectivity index (χ4v) is 6.37. The number of hydrogen-bond donors (Lipinski definition) is 1. The fraction of sp³-hybridized carbons (Fsp3) is 0.500. The largest absolute Gasteiger partial charge is 0.429 e. The van der Waals surface area contributed by atoms with Gasteiger partial charge < -0.3 is 14.7 Å². The average molecular weight is 496 g/mol. The molecule has 1 N–H and O–H groups in total. The third-order valence-corrected chi connectivity index (χ3v) is 7.97. The Kier molecular flexibility index (Phi) is 8.23. The topological polar surface area (TPSA) is 49.8 Å². The Balaban J connectivity index is 0.00000289. The lowest BCUT2D eigenvalue weighted by atomic mass is 9.72. The molecule has 2 heterocycles. The van der Waals surface area contributed by atoms with Crippen molar-refractivity contribution in [2.75, 3.05) is 6.54 Å². The number of fused-ring (bicyclic) bond motifs is 5. The molecule has 4 nitrogen and oxygen atoms in total. The molecule has 2 aliphatic carbocycles. The number of benzene rings is 1. The van der Waals surface area contributed by atoms with E-state index in [1.54, 1.807) is 0 Å². The van der Waals surface area contributed by atoms with Crippen LogP contribution in [-0.2, 0) is 16.0 Å². The third kappa shape index (κ3) is 5.44. The lowest BCUT2D eigenvalue weighted by Gasteiger charge is -2.50. The monoisotopic (exact) mass is 495 g/mol. The summed E-state index contributed by atoms with van der Waals surface area (Å²) in [6.07, 6.45) is 15.1. The van der Waals surface area contributed by atoms with E-state index in [0.717, 1.165) is 37.8 Å². The van der Waals surface area contributed by atoms with E-state index in [9.17, 15) is 9.90 Å². The predicted molar refractivity (Wildman–Crippen MR) is 142 cm³/mol. The van der Waals surface area contributed by atoms with Crippen LogP contribution < -0.4 is 0 Å². The minimum absolute atomic E-state index is 0. The summed E-state index contributed by atoms with van der Waals surface area (Å²) in [4.78, 5) is 14.3. The van der Waals surface area contributed by atoms with Crippen LogP contribution in [0.4, 0.5) is 0 Å². The van der Waals surface area contributed by atoms with E-state index in [0.29, 0.717) is 30.7 Å². The minimum atomic E-state index is -0.498. The maximum Gasteiger partial charge on any atom is 0.307 e. The average Bonchev–Trinajstić information content (AvgIpc) is 2.84. The second kappa shape index (κ2) is 11.2. The predicted octanol–water partition coefficient (Wildman–Crippen LogP) is 6.27. The van der Waals surface area contributed by atoms with Gasteiger partial charge in [-0.05, 0) is 66.7 Å². The van der Waals surface area contributed by atoms with Gasteiger partial charge >= 0.3 is 5.97 Å². The highest BCUT2D eigenvalue weighted by Crippen LogP contribution is 2.48. The van der Waals surface area contributed by atoms with Gasteiger partial charge in [-0.2, -0.15) is 0 Å². The van der Waals surface area contributed by atoms with Crippen molar-refractivity contribution in [1.29, 1.82) is 0 Å². The Morgan fingerprint density at radius 2 is 2.00 bits per heavy atom. The number of aliphatic hydroxyl groups is 1. The number of hydrogen-bond acceptors (Lipinski definition) is 4. The van der Waals surface area contributed by atoms with E-state index < -0.39 is 6.10 Å². The molecule has 0 bridgehead atoms. The summed E-state index contributed by atoms with van der Waals surface area (Å²) in [5.41, 5.74) is 6.82. The fourth-order valence-electron chi connectivity index (χ4n) is 6.37. The van der Waals surface area contributed by atoms with Gasteiger partial charge in [-0.25, -0.2) is 0 Å². The summed E-state index contributed by atoms with van der Waals surface area (Å²) in [5, 5.41) is 10.6. The summed E-state index contributed by atoms with van der Waals surface area (Å²) in [6.45, 7) is 4.41. The number of halogens is 1. The standard InChI is InChI=1S/C30H37NO3.ClH/c1-20(9-8-12-22-10-4-3-5-11-22)23-15-16-25-26-13-6-7-14-28(26)31-19-24(33)18-29(34-21(2)32)30(31)27(25)17-23;/h3-5,10-11,15-17,20,24,27-28,33H,6-9,12-14,18-19H2,1-2H3;1H/t20-,24-,27?,28+;/m1./s1. The molecule has 4 aliphatic rings. The van der Waals surface area contributed by atoms with E-state index in [-0.39, 0.29) is 24.3 Å². The van der Waals surface area contributed by atoms with Crippen LogP contribution in [0.15, 0.2) is 76.7 Å². The number of carbonyl (C=O) groups is 1. The maximum absolute atomic E-state index is 11.9. The van der Waals surface area contributed by atoms with Crippen LogP contribution >= 0.6 is 12.4 Å². The zero-order valence-corrected chi connectivity index (χ0v) is 21.7. The zero-order chi connectivity index (χ0) is 23.7. The Morgan fingerprint density at radius 1 is 1.20 bits per heavy atom. The molecule has 5 rings (SSSR count). The van der Waals surface area contributed by atoms with Gasteiger partial charge in [0, 0.05) is 25.8 Å². The highest BCUT2D eigenvalue weighted by molar-refractivity contribution is 5.85. The minimum Gasteiger partial charge on any atom is -0.429 e. The van der Waals surface area contributed by atoms with E-state index in [1.807, 2.05) is 0 Å². The lowest BCUT2D eigenvalue weighted by Crippen LogP contribution is -2.50. The Labute approximate surface area is 215 Å². The second-order valence-electron chi connectivity index (χ2n) is 10.4. The molecule has 0 amide bonds. The van der Waals surface area contributed by atoms with Gasteiger partial charge in [-0.15, -0.1) is 12.4 Å². The number of ether oxygens (including phenoxy) is 1. The summed E-state index contributed by atoms with van der Waals surface area (Å²) < 4.78 is 5.73. The molecule has 0 radical (unpaired) electrons. The first-order chi connectivity index (χ1) is 16.5. The number of allylic oxidation sites excluding steroid dienone is 4. The number of aliphatic hydroxyl groups excluding tert-OH is 1. The molecule has 1 unspecified atom stereocenters. The zero-order valence-electron chi connectivity index (χ0n) is 20.9. The third-order valence-electron chi connectivity index (χ3n) is 7.97. The summed E-state index contributed by atoms with van der Waals surface area (Å²) in [5.74, 6) is 0.945. The maximum atomic E-state index is 11.9. The van der Waals surface area contributed by atoms with Crippen LogP contribution in [0.3, 0.4) is 0 Å². The van der Waals surface area contributed by atoms with Crippen molar-refractivity contribution in [1.82, 2.24) is 4.90 Å². The van der Waals surface area contributed by atoms with Crippen molar-refractivity contribution in [2.45, 2.75) is 77.4 Å². The number of nitrogens with zero attached hydrogens (tertiary/aromatic N) is 1. The summed E-state index contributed by atoms with van der Waals surface area (Å²) in [6, 6.07) is 11.0. The van der Waals surface area contributed by atoms with Crippen LogP contribution in [-0.4, -0.2) is 34.7 Å². The Hall–Kier alpha value is -2.30. The number of rotatable bonds is 6. The van der Waals surface area contributed by atoms with E-state index in [4.69, 9.17) is 4.74 Å². The van der Waals surface area contributed by atoms with Crippen molar-refractivity contribution < 1.29 is 14.6 Å². The van der Waals surface area contributed by atoms with Crippen LogP contribution in [0.1, 0.15) is 64.4 Å². The highest BCUT2D eigenvalue weighted by atomic mass is 35.5. The Bertz CT molecular complexity index is 1050. The molecular weight excluding hydrogens is 458 g/mol. The van der Waals surface area contributed by atoms with Gasteiger partial charge in [0.1, 0.15) is 5.76 Å². The van der Waals surface area contributed by atoms with Crippen molar-refractivity contribution in [2.24, 2.45) is 11.8 Å². The quantitative estimate of drug-likeness (QED) is 0.472. The lowest BCUT2D eigenvalue weighted by molar-refractivity contribution is -0.138. The first kappa shape index (κ1) is 25.8. The summed E-state index contributed by atoms with van der Waals surface area (Å²) >= 11 is 0. The first-order valence-electron chi connectivity index (χ1n) is 13.0. The van der Waals surface area contributed by atoms with Gasteiger partial charge in [-0.1, -0.05) is 61.9 Å². The first-order valence-corrected chi connectivity index (χ1v) is 13.0. The van der Waals surface area contributed by atoms with Crippen molar-refractivity contribution in [3.05, 3.63) is 82.3 Å². The molecule has 0 saturated heterocycles. The highest BCUT2D eigenvalue weighted by Gasteiger charge is 2.43. The molecule has 35 heavy (non-hydrogen) atoms. The summed E-state index contributed by atoms with van der Waals surface area (Å²) in [7, 11) is 0. The molecule has 1 aromatic rings. The molecular formula is C30H38ClNO3. The van der Waals surface area contributed by atoms with Gasteiger partial charge in [0.15, 0.2) is 0 Å². The SMILES string of the molecule is CC(=O)OC1=C2C3C=C([C@H](C)CCCc4ccccc4)C=CC3=C3CCCC[C@@H]3N2C[C@H](O)C1.Cl. The molecule has 1 fully saturated rings. The van der Waals surface area contributed by atoms with Crippen LogP contribution in [0, 0.1) is 11.8 Å². The second-order valence-corrected chi connectivity index (χ2v) is 10.4. The van der Waals surface area contributed by atoms with Crippen LogP contribution in [0.25, 0.3) is 0 Å². The van der Waals surface area contributed by atoms with E-state index in [2.05, 4.69) is 60.4 Å². The van der Waals surface area contributed by atoms with Gasteiger partial charge in [0.25, 0.3) is 0 Å². The van der Waals surface area contributed by atoms with E-state index >= 15 is 0 Å². The van der Waals surface area contributed by atoms with Crippen molar-refractivity contribution in [3.8, 4) is 0 Å². The molecule has 5 heteroatoms. The molecule has 0 aromatic heterocycles. The van der Waals surface area contributed by atoms with Gasteiger partial charge in [0.2, 0.25) is 0 Å². The van der Waals surface area contributed by atoms with Gasteiger partial charge in [-0.3, -0.25) is 4.79 Å². The molecule has 0 spiro atoms. The molecule has 1 aromatic carbocycles. The van der Waals surface area contributed by atoms with Crippen molar-refractivity contribution >= 4 is 18.4 Å². The number of esters is 1.